The van der Waals surface area contributed by atoms with E-state index in [9.17, 15) is 4.79 Å². The Morgan fingerprint density at radius 2 is 1.51 bits per heavy atom. The van der Waals surface area contributed by atoms with Crippen LogP contribution in [0.4, 0.5) is 0 Å². The number of nitrogens with zero attached hydrogens (tertiary/aromatic N) is 3. The van der Waals surface area contributed by atoms with Gasteiger partial charge in [0.15, 0.2) is 0 Å². The van der Waals surface area contributed by atoms with Crippen LogP contribution in [0.15, 0.2) is 85.1 Å². The lowest BCUT2D eigenvalue weighted by molar-refractivity contribution is 0.0952. The summed E-state index contributed by atoms with van der Waals surface area (Å²) >= 11 is 0. The molecule has 0 spiro atoms. The zero-order valence-electron chi connectivity index (χ0n) is 24.4. The molecule has 0 unspecified atom stereocenters. The number of hydrogen-bond donors (Lipinski definition) is 1. The summed E-state index contributed by atoms with van der Waals surface area (Å²) in [4.78, 5) is 18.5. The molecule has 216 valence electrons. The number of aromatic nitrogens is 1. The first-order valence-corrected chi connectivity index (χ1v) is 15.3. The van der Waals surface area contributed by atoms with E-state index < -0.39 is 0 Å². The molecule has 6 nitrogen and oxygen atoms in total. The number of para-hydroxylation sites is 2. The van der Waals surface area contributed by atoms with Crippen molar-refractivity contribution >= 4 is 16.8 Å². The van der Waals surface area contributed by atoms with Gasteiger partial charge in [0.25, 0.3) is 5.91 Å². The normalized spacial score (nSPS) is 14.7. The molecule has 5 rings (SSSR count). The molecule has 2 heterocycles. The van der Waals surface area contributed by atoms with E-state index >= 15 is 0 Å². The van der Waals surface area contributed by atoms with Gasteiger partial charge < -0.3 is 24.4 Å². The average Bonchev–Trinajstić information content (AvgIpc) is 3.24. The Balaban J connectivity index is 1.12. The van der Waals surface area contributed by atoms with E-state index in [1.54, 1.807) is 0 Å². The minimum Gasteiger partial charge on any atom is -0.494 e. The molecule has 1 aromatic heterocycles. The van der Waals surface area contributed by atoms with Crippen molar-refractivity contribution in [1.29, 1.82) is 0 Å². The number of rotatable bonds is 13. The summed E-state index contributed by atoms with van der Waals surface area (Å²) < 4.78 is 8.20. The Kier molecular flexibility index (Phi) is 10.5. The molecule has 41 heavy (non-hydrogen) atoms. The van der Waals surface area contributed by atoms with E-state index in [1.165, 1.54) is 17.5 Å². The third-order valence-electron chi connectivity index (χ3n) is 8.09. The fourth-order valence-electron chi connectivity index (χ4n) is 5.88. The molecule has 1 aliphatic rings. The smallest absolute Gasteiger partial charge is 0.253 e. The summed E-state index contributed by atoms with van der Waals surface area (Å²) in [5, 5.41) is 4.18. The van der Waals surface area contributed by atoms with E-state index in [1.807, 2.05) is 60.7 Å². The number of carbonyl (C=O) groups is 1. The van der Waals surface area contributed by atoms with Crippen molar-refractivity contribution in [3.8, 4) is 5.75 Å². The number of benzene rings is 3. The van der Waals surface area contributed by atoms with Crippen LogP contribution in [-0.4, -0.2) is 66.1 Å². The number of carbonyl (C=O) groups excluding carboxylic acids is 1. The molecule has 1 saturated heterocycles. The number of fused-ring (bicyclic) bond motifs is 1. The maximum atomic E-state index is 13.3. The van der Waals surface area contributed by atoms with E-state index in [0.29, 0.717) is 6.54 Å². The number of aryl methyl sites for hydroxylation is 2. The zero-order valence-corrected chi connectivity index (χ0v) is 24.4. The van der Waals surface area contributed by atoms with Gasteiger partial charge in [0.05, 0.1) is 17.7 Å². The van der Waals surface area contributed by atoms with E-state index in [4.69, 9.17) is 4.74 Å². The number of ether oxygens (including phenoxy) is 1. The van der Waals surface area contributed by atoms with E-state index in [-0.39, 0.29) is 5.91 Å². The summed E-state index contributed by atoms with van der Waals surface area (Å²) in [6.07, 6.45) is 6.35. The van der Waals surface area contributed by atoms with Gasteiger partial charge in [0.2, 0.25) is 0 Å². The van der Waals surface area contributed by atoms with Crippen molar-refractivity contribution in [3.05, 3.63) is 102 Å². The number of amides is 1. The molecule has 3 aromatic carbocycles. The lowest BCUT2D eigenvalue weighted by atomic mass is 10.1. The highest BCUT2D eigenvalue weighted by atomic mass is 16.5. The van der Waals surface area contributed by atoms with Crippen molar-refractivity contribution in [3.63, 3.8) is 0 Å². The predicted octanol–water partition coefficient (Wildman–Crippen LogP) is 6.00. The number of hydrogen-bond acceptors (Lipinski definition) is 4. The quantitative estimate of drug-likeness (QED) is 0.207. The highest BCUT2D eigenvalue weighted by molar-refractivity contribution is 6.07. The van der Waals surface area contributed by atoms with E-state index in [2.05, 4.69) is 51.0 Å². The molecule has 1 aliphatic heterocycles. The highest BCUT2D eigenvalue weighted by Crippen LogP contribution is 2.26. The van der Waals surface area contributed by atoms with Gasteiger partial charge in [-0.05, 0) is 68.6 Å². The van der Waals surface area contributed by atoms with Gasteiger partial charge in [0.1, 0.15) is 5.75 Å². The third-order valence-corrected chi connectivity index (χ3v) is 8.09. The SMILES string of the molecule is CCc1cccc2c(C(=O)NCc3ccccc3)cn(CCCN3CCCN(CCCOc4ccccc4)CC3)c12. The summed E-state index contributed by atoms with van der Waals surface area (Å²) in [6.45, 7) is 11.1. The van der Waals surface area contributed by atoms with Crippen LogP contribution in [0, 0.1) is 0 Å². The standard InChI is InChI=1S/C35H44N4O2/c1-2-30-15-9-18-32-33(35(40)36-27-29-13-5-3-6-14-29)28-39(34(30)32)23-11-21-37-19-10-20-38(25-24-37)22-12-26-41-31-16-7-4-8-17-31/h3-9,13-18,28H,2,10-12,19-27H2,1H3,(H,36,40). The topological polar surface area (TPSA) is 49.7 Å². The minimum absolute atomic E-state index is 0.00682. The zero-order chi connectivity index (χ0) is 28.3. The fourth-order valence-corrected chi connectivity index (χ4v) is 5.88. The Labute approximate surface area is 244 Å². The molecule has 0 bridgehead atoms. The molecular weight excluding hydrogens is 508 g/mol. The summed E-state index contributed by atoms with van der Waals surface area (Å²) in [7, 11) is 0. The van der Waals surface area contributed by atoms with Crippen LogP contribution in [0.1, 0.15) is 47.7 Å². The van der Waals surface area contributed by atoms with Crippen molar-refractivity contribution < 1.29 is 9.53 Å². The molecule has 0 radical (unpaired) electrons. The maximum Gasteiger partial charge on any atom is 0.253 e. The van der Waals surface area contributed by atoms with Gasteiger partial charge in [-0.2, -0.15) is 0 Å². The van der Waals surface area contributed by atoms with Crippen LogP contribution in [0.25, 0.3) is 10.9 Å². The fraction of sp³-hybridized carbons (Fsp3) is 0.400. The molecule has 1 N–H and O–H groups in total. The Morgan fingerprint density at radius 1 is 0.805 bits per heavy atom. The van der Waals surface area contributed by atoms with Crippen LogP contribution < -0.4 is 10.1 Å². The second-order valence-electron chi connectivity index (χ2n) is 11.0. The first kappa shape index (κ1) is 28.9. The first-order valence-electron chi connectivity index (χ1n) is 15.3. The van der Waals surface area contributed by atoms with Crippen LogP contribution in [0.3, 0.4) is 0 Å². The molecule has 6 heteroatoms. The summed E-state index contributed by atoms with van der Waals surface area (Å²) in [5.41, 5.74) is 4.38. The van der Waals surface area contributed by atoms with Gasteiger partial charge in [-0.3, -0.25) is 4.79 Å². The van der Waals surface area contributed by atoms with Gasteiger partial charge in [-0.15, -0.1) is 0 Å². The maximum absolute atomic E-state index is 13.3. The second kappa shape index (κ2) is 14.9. The van der Waals surface area contributed by atoms with Crippen LogP contribution in [0.2, 0.25) is 0 Å². The van der Waals surface area contributed by atoms with Crippen LogP contribution >= 0.6 is 0 Å². The molecule has 0 saturated carbocycles. The van der Waals surface area contributed by atoms with Crippen molar-refractivity contribution in [2.24, 2.45) is 0 Å². The highest BCUT2D eigenvalue weighted by Gasteiger charge is 2.18. The molecule has 4 aromatic rings. The van der Waals surface area contributed by atoms with Crippen molar-refractivity contribution in [2.45, 2.75) is 45.7 Å². The lowest BCUT2D eigenvalue weighted by Crippen LogP contribution is -2.32. The summed E-state index contributed by atoms with van der Waals surface area (Å²) in [5.74, 6) is 0.948. The second-order valence-corrected chi connectivity index (χ2v) is 11.0. The Morgan fingerprint density at radius 3 is 2.24 bits per heavy atom. The van der Waals surface area contributed by atoms with Gasteiger partial charge in [-0.25, -0.2) is 0 Å². The summed E-state index contributed by atoms with van der Waals surface area (Å²) in [6, 6.07) is 26.5. The monoisotopic (exact) mass is 552 g/mol. The van der Waals surface area contributed by atoms with Crippen LogP contribution in [-0.2, 0) is 19.5 Å². The van der Waals surface area contributed by atoms with E-state index in [0.717, 1.165) is 93.9 Å². The third kappa shape index (κ3) is 7.99. The molecule has 0 aliphatic carbocycles. The first-order chi connectivity index (χ1) is 20.2. The van der Waals surface area contributed by atoms with Gasteiger partial charge in [0, 0.05) is 44.3 Å². The molecule has 1 fully saturated rings. The van der Waals surface area contributed by atoms with Crippen LogP contribution in [0.5, 0.6) is 5.75 Å². The van der Waals surface area contributed by atoms with Crippen molar-refractivity contribution in [1.82, 2.24) is 19.7 Å². The van der Waals surface area contributed by atoms with Gasteiger partial charge in [-0.1, -0.05) is 73.7 Å². The van der Waals surface area contributed by atoms with Crippen molar-refractivity contribution in [2.75, 3.05) is 45.9 Å². The van der Waals surface area contributed by atoms with Gasteiger partial charge >= 0.3 is 0 Å². The molecular formula is C35H44N4O2. The number of nitrogens with one attached hydrogen (secondary N) is 1. The predicted molar refractivity (Wildman–Crippen MR) is 168 cm³/mol. The largest absolute Gasteiger partial charge is 0.494 e. The average molecular weight is 553 g/mol. The lowest BCUT2D eigenvalue weighted by Gasteiger charge is -2.22. The molecule has 0 atom stereocenters. The minimum atomic E-state index is -0.00682. The Hall–Kier alpha value is -3.61. The molecule has 1 amide bonds. The Bertz CT molecular complexity index is 1370.